The number of hydrogen-bond donors (Lipinski definition) is 2. The van der Waals surface area contributed by atoms with Gasteiger partial charge in [-0.25, -0.2) is 14.6 Å². The fourth-order valence-corrected chi connectivity index (χ4v) is 4.70. The molecule has 34 heavy (non-hydrogen) atoms. The van der Waals surface area contributed by atoms with Crippen molar-refractivity contribution in [3.63, 3.8) is 0 Å². The Morgan fingerprint density at radius 3 is 2.74 bits per heavy atom. The summed E-state index contributed by atoms with van der Waals surface area (Å²) in [5.41, 5.74) is 5.67. The average molecular weight is 536 g/mol. The molecule has 0 spiro atoms. The number of nitrogens with two attached hydrogens (primary N) is 1. The van der Waals surface area contributed by atoms with Crippen molar-refractivity contribution in [2.45, 2.75) is 31.6 Å². The lowest BCUT2D eigenvalue weighted by atomic mass is 10.0. The summed E-state index contributed by atoms with van der Waals surface area (Å²) in [6.07, 6.45) is -0.690. The van der Waals surface area contributed by atoms with Gasteiger partial charge in [0.1, 0.15) is 29.9 Å². The highest BCUT2D eigenvalue weighted by atomic mass is 35.5. The Morgan fingerprint density at radius 1 is 1.38 bits per heavy atom. The van der Waals surface area contributed by atoms with Gasteiger partial charge in [-0.2, -0.15) is 0 Å². The maximum atomic E-state index is 12.8. The Balaban J connectivity index is 0.00000408. The molecule has 1 saturated heterocycles. The van der Waals surface area contributed by atoms with E-state index in [0.29, 0.717) is 5.75 Å². The van der Waals surface area contributed by atoms with Crippen LogP contribution in [0, 0.1) is 0 Å². The summed E-state index contributed by atoms with van der Waals surface area (Å²) in [6, 6.07) is -0.912. The number of β-lactam (4-membered cyclic amide) rings is 1. The maximum absolute atomic E-state index is 12.8. The van der Waals surface area contributed by atoms with Crippen molar-refractivity contribution in [2.24, 2.45) is 5.16 Å². The van der Waals surface area contributed by atoms with Crippen molar-refractivity contribution in [1.29, 1.82) is 0 Å². The van der Waals surface area contributed by atoms with Crippen LogP contribution >= 0.6 is 35.5 Å². The lowest BCUT2D eigenvalue weighted by Gasteiger charge is -2.48. The Labute approximate surface area is 208 Å². The first-order chi connectivity index (χ1) is 15.8. The minimum absolute atomic E-state index is 0. The van der Waals surface area contributed by atoms with Crippen LogP contribution in [0.1, 0.15) is 19.5 Å². The zero-order valence-electron chi connectivity index (χ0n) is 18.2. The standard InChI is InChI=1S/C18H21N5O8S2.ClH/c1-4-29-18(27)31-8(2)30-16(26)10-5-6-32-15-12(14(25)23(10)15)21-13(24)11(22-28-3)9-7-33-17(19)20-9;/h5,7-8,12,15H,4,6H2,1-3H3,(H2,19,20)(H,21,24);1H/t8?,12?,15-;/m0./s1. The summed E-state index contributed by atoms with van der Waals surface area (Å²) in [4.78, 5) is 59.3. The van der Waals surface area contributed by atoms with Gasteiger partial charge >= 0.3 is 12.1 Å². The van der Waals surface area contributed by atoms with Crippen LogP contribution in [0.25, 0.3) is 0 Å². The Kier molecular flexibility index (Phi) is 9.52. The minimum atomic E-state index is -1.23. The first kappa shape index (κ1) is 27.2. The Hall–Kier alpha value is -3.04. The topological polar surface area (TPSA) is 172 Å². The number of carbonyl (C=O) groups is 4. The fourth-order valence-electron chi connectivity index (χ4n) is 2.95. The number of anilines is 1. The van der Waals surface area contributed by atoms with Gasteiger partial charge in [-0.05, 0) is 13.0 Å². The molecule has 16 heteroatoms. The van der Waals surface area contributed by atoms with Gasteiger partial charge in [0, 0.05) is 18.1 Å². The van der Waals surface area contributed by atoms with Crippen molar-refractivity contribution in [3.8, 4) is 0 Å². The van der Waals surface area contributed by atoms with Crippen LogP contribution in [0.4, 0.5) is 9.93 Å². The first-order valence-corrected chi connectivity index (χ1v) is 11.5. The van der Waals surface area contributed by atoms with Gasteiger partial charge < -0.3 is 30.1 Å². The lowest BCUT2D eigenvalue weighted by Crippen LogP contribution is -2.70. The number of nitrogen functional groups attached to an aromatic ring is 1. The van der Waals surface area contributed by atoms with E-state index in [1.165, 1.54) is 42.2 Å². The molecule has 0 aromatic carbocycles. The number of esters is 1. The molecule has 0 aliphatic carbocycles. The molecule has 3 rings (SSSR count). The Morgan fingerprint density at radius 2 is 2.12 bits per heavy atom. The van der Waals surface area contributed by atoms with Gasteiger partial charge in [-0.1, -0.05) is 5.16 Å². The average Bonchev–Trinajstić information content (AvgIpc) is 3.20. The van der Waals surface area contributed by atoms with Crippen LogP contribution in [-0.2, 0) is 33.4 Å². The van der Waals surface area contributed by atoms with Gasteiger partial charge in [0.05, 0.1) is 6.61 Å². The zero-order chi connectivity index (χ0) is 24.1. The van der Waals surface area contributed by atoms with E-state index in [1.807, 2.05) is 0 Å². The van der Waals surface area contributed by atoms with Crippen LogP contribution in [0.2, 0.25) is 0 Å². The molecule has 1 aromatic rings. The molecule has 2 aliphatic rings. The number of nitrogens with zero attached hydrogens (tertiary/aromatic N) is 3. The highest BCUT2D eigenvalue weighted by molar-refractivity contribution is 8.00. The highest BCUT2D eigenvalue weighted by Crippen LogP contribution is 2.38. The predicted octanol–water partition coefficient (Wildman–Crippen LogP) is 0.844. The second-order valence-corrected chi connectivity index (χ2v) is 8.48. The molecule has 3 N–H and O–H groups in total. The minimum Gasteiger partial charge on any atom is -0.435 e. The van der Waals surface area contributed by atoms with Crippen LogP contribution in [0.15, 0.2) is 22.3 Å². The molecule has 13 nitrogen and oxygen atoms in total. The van der Waals surface area contributed by atoms with E-state index in [1.54, 1.807) is 6.92 Å². The van der Waals surface area contributed by atoms with Crippen LogP contribution in [-0.4, -0.2) is 76.7 Å². The fraction of sp³-hybridized carbons (Fsp3) is 0.444. The third-order valence-electron chi connectivity index (χ3n) is 4.30. The monoisotopic (exact) mass is 535 g/mol. The second kappa shape index (κ2) is 11.9. The summed E-state index contributed by atoms with van der Waals surface area (Å²) in [6.45, 7) is 3.04. The van der Waals surface area contributed by atoms with Crippen LogP contribution in [0.5, 0.6) is 0 Å². The van der Waals surface area contributed by atoms with E-state index in [4.69, 9.17) is 20.0 Å². The number of halogens is 1. The molecule has 186 valence electrons. The van der Waals surface area contributed by atoms with Gasteiger partial charge in [0.15, 0.2) is 10.8 Å². The number of thioether (sulfide) groups is 1. The third-order valence-corrected chi connectivity index (χ3v) is 6.16. The molecule has 0 bridgehead atoms. The largest absolute Gasteiger partial charge is 0.511 e. The van der Waals surface area contributed by atoms with Gasteiger partial charge in [0.2, 0.25) is 6.29 Å². The molecule has 2 amide bonds. The number of ether oxygens (including phenoxy) is 3. The summed E-state index contributed by atoms with van der Waals surface area (Å²) in [7, 11) is 1.27. The quantitative estimate of drug-likeness (QED) is 0.159. The first-order valence-electron chi connectivity index (χ1n) is 9.59. The summed E-state index contributed by atoms with van der Waals surface area (Å²) >= 11 is 2.47. The number of amides is 2. The van der Waals surface area contributed by atoms with E-state index < -0.39 is 41.6 Å². The van der Waals surface area contributed by atoms with Crippen molar-refractivity contribution in [3.05, 3.63) is 22.8 Å². The Bertz CT molecular complexity index is 1020. The molecule has 1 fully saturated rings. The number of rotatable bonds is 8. The number of carbonyl (C=O) groups excluding carboxylic acids is 4. The molecule has 0 radical (unpaired) electrons. The molecule has 1 aromatic heterocycles. The number of fused-ring (bicyclic) bond motifs is 1. The van der Waals surface area contributed by atoms with Gasteiger partial charge in [-0.3, -0.25) is 14.5 Å². The lowest BCUT2D eigenvalue weighted by molar-refractivity contribution is -0.168. The van der Waals surface area contributed by atoms with E-state index in [0.717, 1.165) is 11.3 Å². The van der Waals surface area contributed by atoms with Crippen molar-refractivity contribution >= 4 is 70.3 Å². The normalized spacial score (nSPS) is 20.0. The van der Waals surface area contributed by atoms with Crippen molar-refractivity contribution < 1.29 is 38.2 Å². The van der Waals surface area contributed by atoms with E-state index in [2.05, 4.69) is 20.2 Å². The summed E-state index contributed by atoms with van der Waals surface area (Å²) in [5, 5.41) is 7.51. The molecule has 2 unspecified atom stereocenters. The number of thiazole rings is 1. The predicted molar refractivity (Wildman–Crippen MR) is 124 cm³/mol. The second-order valence-electron chi connectivity index (χ2n) is 6.44. The molecular formula is C18H22ClN5O8S2. The van der Waals surface area contributed by atoms with Gasteiger partial charge in [-0.15, -0.1) is 35.5 Å². The summed E-state index contributed by atoms with van der Waals surface area (Å²) in [5.74, 6) is -1.66. The van der Waals surface area contributed by atoms with Crippen molar-refractivity contribution in [2.75, 3.05) is 25.2 Å². The maximum Gasteiger partial charge on any atom is 0.511 e. The van der Waals surface area contributed by atoms with E-state index in [9.17, 15) is 19.2 Å². The number of nitrogens with one attached hydrogen (secondary N) is 1. The van der Waals surface area contributed by atoms with E-state index >= 15 is 0 Å². The highest BCUT2D eigenvalue weighted by Gasteiger charge is 2.53. The number of oxime groups is 1. The SMILES string of the molecule is CCOC(=O)OC(C)OC(=O)C1=CCS[C@H]2C(NC(=O)C(=NOC)c3csc(N)n3)C(=O)N12.Cl. The number of hydrogen-bond acceptors (Lipinski definition) is 13. The smallest absolute Gasteiger partial charge is 0.435 e. The zero-order valence-corrected chi connectivity index (χ0v) is 20.7. The van der Waals surface area contributed by atoms with Crippen LogP contribution in [0.3, 0.4) is 0 Å². The molecule has 0 saturated carbocycles. The molecule has 3 heterocycles. The molecule has 2 aliphatic heterocycles. The summed E-state index contributed by atoms with van der Waals surface area (Å²) < 4.78 is 14.5. The van der Waals surface area contributed by atoms with Gasteiger partial charge in [0.25, 0.3) is 11.8 Å². The van der Waals surface area contributed by atoms with Crippen molar-refractivity contribution in [1.82, 2.24) is 15.2 Å². The van der Waals surface area contributed by atoms with E-state index in [-0.39, 0.29) is 41.2 Å². The molecule has 3 atom stereocenters. The third kappa shape index (κ3) is 5.90. The molecular weight excluding hydrogens is 514 g/mol. The number of aromatic nitrogens is 1. The van der Waals surface area contributed by atoms with Crippen LogP contribution < -0.4 is 11.1 Å².